The third kappa shape index (κ3) is 5.31. The predicted octanol–water partition coefficient (Wildman–Crippen LogP) is 3.58. The van der Waals surface area contributed by atoms with Crippen LogP contribution in [-0.2, 0) is 23.8 Å². The van der Waals surface area contributed by atoms with Crippen molar-refractivity contribution in [3.8, 4) is 11.1 Å². The lowest BCUT2D eigenvalue weighted by molar-refractivity contribution is -0.145. The summed E-state index contributed by atoms with van der Waals surface area (Å²) in [5, 5.41) is 2.49. The monoisotopic (exact) mass is 423 g/mol. The Bertz CT molecular complexity index is 925. The van der Waals surface area contributed by atoms with Gasteiger partial charge in [0, 0.05) is 12.3 Å². The van der Waals surface area contributed by atoms with E-state index in [1.54, 1.807) is 0 Å². The van der Waals surface area contributed by atoms with Crippen molar-refractivity contribution in [3.63, 3.8) is 0 Å². The summed E-state index contributed by atoms with van der Waals surface area (Å²) in [5.74, 6) is -1.25. The van der Waals surface area contributed by atoms with Crippen LogP contribution in [0.3, 0.4) is 0 Å². The van der Waals surface area contributed by atoms with Crippen molar-refractivity contribution in [2.75, 3.05) is 20.3 Å². The maximum atomic E-state index is 12.4. The van der Waals surface area contributed by atoms with E-state index >= 15 is 0 Å². The molecule has 0 fully saturated rings. The first kappa shape index (κ1) is 22.1. The highest BCUT2D eigenvalue weighted by atomic mass is 16.6. The van der Waals surface area contributed by atoms with Crippen molar-refractivity contribution in [2.45, 2.75) is 24.8 Å². The molecule has 1 aliphatic rings. The first-order valence-corrected chi connectivity index (χ1v) is 10.0. The van der Waals surface area contributed by atoms with Gasteiger partial charge in [0.25, 0.3) is 0 Å². The highest BCUT2D eigenvalue weighted by Gasteiger charge is 2.30. The van der Waals surface area contributed by atoms with Gasteiger partial charge in [-0.15, -0.1) is 0 Å². The topological polar surface area (TPSA) is 90.9 Å². The maximum Gasteiger partial charge on any atom is 0.407 e. The van der Waals surface area contributed by atoms with Gasteiger partial charge in [0.1, 0.15) is 19.3 Å². The van der Waals surface area contributed by atoms with Gasteiger partial charge in [0.05, 0.1) is 7.11 Å². The molecule has 0 bridgehead atoms. The van der Waals surface area contributed by atoms with Crippen LogP contribution in [0.5, 0.6) is 0 Å². The van der Waals surface area contributed by atoms with Crippen LogP contribution in [0.15, 0.2) is 61.2 Å². The van der Waals surface area contributed by atoms with Crippen molar-refractivity contribution < 1.29 is 28.6 Å². The Morgan fingerprint density at radius 1 is 1.03 bits per heavy atom. The molecule has 0 saturated heterocycles. The second-order valence-electron chi connectivity index (χ2n) is 7.06. The Hall–Kier alpha value is -3.61. The number of ether oxygens (including phenoxy) is 3. The Kier molecular flexibility index (Phi) is 7.43. The fraction of sp³-hybridized carbons (Fsp3) is 0.292. The number of nitrogens with one attached hydrogen (secondary N) is 1. The van der Waals surface area contributed by atoms with Gasteiger partial charge in [0.15, 0.2) is 0 Å². The summed E-state index contributed by atoms with van der Waals surface area (Å²) in [6, 6.07) is 15.0. The molecule has 0 unspecified atom stereocenters. The number of hydrogen-bond donors (Lipinski definition) is 1. The van der Waals surface area contributed by atoms with Crippen LogP contribution in [-0.4, -0.2) is 44.4 Å². The van der Waals surface area contributed by atoms with Crippen molar-refractivity contribution in [1.29, 1.82) is 0 Å². The molecule has 0 spiro atoms. The summed E-state index contributed by atoms with van der Waals surface area (Å²) in [7, 11) is 1.21. The zero-order valence-electron chi connectivity index (χ0n) is 17.3. The number of carbonyl (C=O) groups excluding carboxylic acids is 3. The molecule has 7 heteroatoms. The van der Waals surface area contributed by atoms with Crippen LogP contribution < -0.4 is 5.32 Å². The molecule has 1 aliphatic carbocycles. The summed E-state index contributed by atoms with van der Waals surface area (Å²) in [5.41, 5.74) is 4.42. The van der Waals surface area contributed by atoms with E-state index in [0.29, 0.717) is 0 Å². The summed E-state index contributed by atoms with van der Waals surface area (Å²) >= 11 is 0. The van der Waals surface area contributed by atoms with E-state index < -0.39 is 24.1 Å². The number of methoxy groups -OCH3 is 1. The number of esters is 2. The number of benzene rings is 2. The summed E-state index contributed by atoms with van der Waals surface area (Å²) in [6.07, 6.45) is 0.672. The third-order valence-corrected chi connectivity index (χ3v) is 5.12. The van der Waals surface area contributed by atoms with E-state index in [4.69, 9.17) is 14.2 Å². The van der Waals surface area contributed by atoms with Crippen molar-refractivity contribution in [3.05, 3.63) is 72.3 Å². The van der Waals surface area contributed by atoms with Crippen LogP contribution in [0.2, 0.25) is 0 Å². The molecule has 0 saturated carbocycles. The van der Waals surface area contributed by atoms with E-state index in [1.807, 2.05) is 48.5 Å². The minimum absolute atomic E-state index is 0.0346. The van der Waals surface area contributed by atoms with Crippen LogP contribution in [0, 0.1) is 0 Å². The Labute approximate surface area is 181 Å². The molecular formula is C24H25NO6. The Balaban J connectivity index is 1.61. The summed E-state index contributed by atoms with van der Waals surface area (Å²) in [6.45, 7) is 3.67. The van der Waals surface area contributed by atoms with Crippen LogP contribution in [0.25, 0.3) is 11.1 Å². The molecule has 31 heavy (non-hydrogen) atoms. The second-order valence-corrected chi connectivity index (χ2v) is 7.06. The molecule has 0 aliphatic heterocycles. The van der Waals surface area contributed by atoms with Gasteiger partial charge in [-0.05, 0) is 28.7 Å². The number of hydrogen-bond acceptors (Lipinski definition) is 6. The molecule has 162 valence electrons. The molecule has 0 radical (unpaired) electrons. The Morgan fingerprint density at radius 3 is 2.23 bits per heavy atom. The van der Waals surface area contributed by atoms with Crippen LogP contribution in [0.4, 0.5) is 4.79 Å². The SMILES string of the molecule is C=CCOC(=O)CC[C@@H](NC(=O)OCC1c2ccccc2-c2ccccc21)C(=O)OC. The molecule has 2 aromatic carbocycles. The fourth-order valence-electron chi connectivity index (χ4n) is 3.66. The third-order valence-electron chi connectivity index (χ3n) is 5.12. The molecule has 1 atom stereocenters. The lowest BCUT2D eigenvalue weighted by atomic mass is 9.98. The van der Waals surface area contributed by atoms with Crippen molar-refractivity contribution in [2.24, 2.45) is 0 Å². The first-order chi connectivity index (χ1) is 15.0. The van der Waals surface area contributed by atoms with E-state index in [1.165, 1.54) is 13.2 Å². The van der Waals surface area contributed by atoms with Crippen molar-refractivity contribution >= 4 is 18.0 Å². The highest BCUT2D eigenvalue weighted by molar-refractivity contribution is 5.82. The zero-order chi connectivity index (χ0) is 22.2. The largest absolute Gasteiger partial charge is 0.467 e. The van der Waals surface area contributed by atoms with Gasteiger partial charge in [0.2, 0.25) is 0 Å². The molecule has 0 aromatic heterocycles. The molecule has 1 N–H and O–H groups in total. The van der Waals surface area contributed by atoms with Crippen molar-refractivity contribution in [1.82, 2.24) is 5.32 Å². The van der Waals surface area contributed by atoms with Gasteiger partial charge >= 0.3 is 18.0 Å². The number of rotatable bonds is 9. The predicted molar refractivity (Wildman–Crippen MR) is 114 cm³/mol. The minimum Gasteiger partial charge on any atom is -0.467 e. The fourth-order valence-corrected chi connectivity index (χ4v) is 3.66. The second kappa shape index (κ2) is 10.4. The first-order valence-electron chi connectivity index (χ1n) is 10.0. The lowest BCUT2D eigenvalue weighted by Gasteiger charge is -2.18. The van der Waals surface area contributed by atoms with E-state index in [9.17, 15) is 14.4 Å². The van der Waals surface area contributed by atoms with Gasteiger partial charge in [-0.25, -0.2) is 9.59 Å². The maximum absolute atomic E-state index is 12.4. The van der Waals surface area contributed by atoms with E-state index in [-0.39, 0.29) is 32.0 Å². The molecule has 2 aromatic rings. The minimum atomic E-state index is -1.02. The molecule has 1 amide bonds. The normalized spacial score (nSPS) is 12.8. The summed E-state index contributed by atoms with van der Waals surface area (Å²) < 4.78 is 15.1. The van der Waals surface area contributed by atoms with Gasteiger partial charge in [-0.1, -0.05) is 61.2 Å². The quantitative estimate of drug-likeness (QED) is 0.377. The highest BCUT2D eigenvalue weighted by Crippen LogP contribution is 2.44. The van der Waals surface area contributed by atoms with Gasteiger partial charge in [-0.2, -0.15) is 0 Å². The number of fused-ring (bicyclic) bond motifs is 3. The smallest absolute Gasteiger partial charge is 0.407 e. The zero-order valence-corrected chi connectivity index (χ0v) is 17.3. The molecule has 7 nitrogen and oxygen atoms in total. The van der Waals surface area contributed by atoms with Gasteiger partial charge < -0.3 is 19.5 Å². The van der Waals surface area contributed by atoms with Gasteiger partial charge in [-0.3, -0.25) is 4.79 Å². The average molecular weight is 423 g/mol. The van der Waals surface area contributed by atoms with E-state index in [2.05, 4.69) is 11.9 Å². The number of amides is 1. The number of alkyl carbamates (subject to hydrolysis) is 1. The van der Waals surface area contributed by atoms with Crippen LogP contribution >= 0.6 is 0 Å². The molecular weight excluding hydrogens is 398 g/mol. The number of carbonyl (C=O) groups is 3. The standard InChI is InChI=1S/C24H25NO6/c1-3-14-30-22(26)13-12-21(23(27)29-2)25-24(28)31-15-20-18-10-6-4-8-16(18)17-9-5-7-11-19(17)20/h3-11,20-21H,1,12-15H2,2H3,(H,25,28)/t21-/m1/s1. The average Bonchev–Trinajstić information content (AvgIpc) is 3.12. The summed E-state index contributed by atoms with van der Waals surface area (Å²) in [4.78, 5) is 36.1. The Morgan fingerprint density at radius 2 is 1.65 bits per heavy atom. The molecule has 3 rings (SSSR count). The molecule has 0 heterocycles. The van der Waals surface area contributed by atoms with E-state index in [0.717, 1.165) is 22.3 Å². The lowest BCUT2D eigenvalue weighted by Crippen LogP contribution is -2.42. The van der Waals surface area contributed by atoms with Crippen LogP contribution in [0.1, 0.15) is 29.9 Å².